The number of rotatable bonds is 8. The van der Waals surface area contributed by atoms with Crippen molar-refractivity contribution in [3.63, 3.8) is 0 Å². The summed E-state index contributed by atoms with van der Waals surface area (Å²) in [5, 5.41) is 17.4. The Labute approximate surface area is 212 Å². The molecule has 3 aromatic rings. The molecule has 0 aliphatic heterocycles. The molecule has 1 saturated carbocycles. The van der Waals surface area contributed by atoms with Crippen molar-refractivity contribution in [1.29, 1.82) is 5.26 Å². The van der Waals surface area contributed by atoms with E-state index in [9.17, 15) is 4.79 Å². The summed E-state index contributed by atoms with van der Waals surface area (Å²) in [5.41, 5.74) is 3.05. The number of methoxy groups -OCH3 is 1. The number of hydrogen-bond donors (Lipinski definition) is 2. The molecule has 0 bridgehead atoms. The summed E-state index contributed by atoms with van der Waals surface area (Å²) in [6.45, 7) is 4.06. The average Bonchev–Trinajstić information content (AvgIpc) is 2.91. The molecule has 0 unspecified atom stereocenters. The van der Waals surface area contributed by atoms with Gasteiger partial charge in [-0.15, -0.1) is 0 Å². The lowest BCUT2D eigenvalue weighted by Crippen LogP contribution is -2.42. The summed E-state index contributed by atoms with van der Waals surface area (Å²) in [6.07, 6.45) is 5.51. The van der Waals surface area contributed by atoms with Gasteiger partial charge in [-0.3, -0.25) is 4.79 Å². The number of nitrogens with zero attached hydrogens (tertiary/aromatic N) is 4. The van der Waals surface area contributed by atoms with Crippen LogP contribution >= 0.6 is 0 Å². The molecular formula is C28H32N6O2. The van der Waals surface area contributed by atoms with Gasteiger partial charge in [0.15, 0.2) is 0 Å². The fourth-order valence-corrected chi connectivity index (χ4v) is 4.68. The van der Waals surface area contributed by atoms with Crippen molar-refractivity contribution in [3.05, 3.63) is 60.6 Å². The zero-order chi connectivity index (χ0) is 25.7. The summed E-state index contributed by atoms with van der Waals surface area (Å²) < 4.78 is 5.55. The molecule has 1 aliphatic rings. The normalized spacial score (nSPS) is 17.4. The molecule has 0 atom stereocenters. The highest BCUT2D eigenvalue weighted by Crippen LogP contribution is 2.35. The standard InChI is InChI=1S/C28H32N6O2/c1-18(15-29)16-30-27-23-13-20(6-5-19(23)7-12-26(27)36-4)24-14-25(32-17-31-24)28(35)33-21-8-10-22(11-9-21)34(2)3/h5-7,12-14,17,21-22,30H,1,8-11,16H2,2-4H3,(H,33,35). The summed E-state index contributed by atoms with van der Waals surface area (Å²) in [4.78, 5) is 23.9. The predicted octanol–water partition coefficient (Wildman–Crippen LogP) is 4.40. The molecule has 1 aromatic heterocycles. The van der Waals surface area contributed by atoms with Gasteiger partial charge in [0.1, 0.15) is 17.8 Å². The van der Waals surface area contributed by atoms with E-state index >= 15 is 0 Å². The first-order valence-corrected chi connectivity index (χ1v) is 12.1. The minimum Gasteiger partial charge on any atom is -0.495 e. The van der Waals surface area contributed by atoms with Gasteiger partial charge in [-0.2, -0.15) is 5.26 Å². The fraction of sp³-hybridized carbons (Fsp3) is 0.357. The van der Waals surface area contributed by atoms with E-state index in [1.807, 2.05) is 30.3 Å². The molecule has 1 fully saturated rings. The Balaban J connectivity index is 1.57. The second kappa shape index (κ2) is 11.2. The van der Waals surface area contributed by atoms with Gasteiger partial charge in [-0.25, -0.2) is 9.97 Å². The van der Waals surface area contributed by atoms with E-state index in [2.05, 4.69) is 52.2 Å². The van der Waals surface area contributed by atoms with Crippen LogP contribution in [-0.2, 0) is 0 Å². The van der Waals surface area contributed by atoms with Crippen molar-refractivity contribution >= 4 is 22.4 Å². The quantitative estimate of drug-likeness (QED) is 0.457. The highest BCUT2D eigenvalue weighted by molar-refractivity contribution is 6.00. The number of ether oxygens (including phenoxy) is 1. The number of benzene rings is 2. The van der Waals surface area contributed by atoms with E-state index in [4.69, 9.17) is 10.00 Å². The number of anilines is 1. The lowest BCUT2D eigenvalue weighted by Gasteiger charge is -2.32. The van der Waals surface area contributed by atoms with Gasteiger partial charge < -0.3 is 20.3 Å². The molecule has 186 valence electrons. The second-order valence-electron chi connectivity index (χ2n) is 9.38. The van der Waals surface area contributed by atoms with Crippen LogP contribution in [0.15, 0.2) is 54.9 Å². The van der Waals surface area contributed by atoms with Crippen molar-refractivity contribution in [3.8, 4) is 23.1 Å². The Bertz CT molecular complexity index is 1310. The molecule has 0 saturated heterocycles. The maximum Gasteiger partial charge on any atom is 0.270 e. The van der Waals surface area contributed by atoms with Crippen molar-refractivity contribution in [2.75, 3.05) is 33.1 Å². The highest BCUT2D eigenvalue weighted by atomic mass is 16.5. The van der Waals surface area contributed by atoms with Crippen molar-refractivity contribution < 1.29 is 9.53 Å². The first-order valence-electron chi connectivity index (χ1n) is 12.1. The summed E-state index contributed by atoms with van der Waals surface area (Å²) in [7, 11) is 5.82. The first kappa shape index (κ1) is 25.1. The minimum atomic E-state index is -0.174. The molecule has 0 spiro atoms. The van der Waals surface area contributed by atoms with Crippen LogP contribution in [0.3, 0.4) is 0 Å². The van der Waals surface area contributed by atoms with Crippen LogP contribution in [0.25, 0.3) is 22.0 Å². The second-order valence-corrected chi connectivity index (χ2v) is 9.38. The highest BCUT2D eigenvalue weighted by Gasteiger charge is 2.24. The molecule has 1 aliphatic carbocycles. The lowest BCUT2D eigenvalue weighted by atomic mass is 9.90. The maximum absolute atomic E-state index is 13.0. The van der Waals surface area contributed by atoms with E-state index in [1.165, 1.54) is 6.33 Å². The molecular weight excluding hydrogens is 452 g/mol. The van der Waals surface area contributed by atoms with E-state index in [0.29, 0.717) is 35.3 Å². The summed E-state index contributed by atoms with van der Waals surface area (Å²) in [5.74, 6) is 0.490. The number of fused-ring (bicyclic) bond motifs is 1. The zero-order valence-electron chi connectivity index (χ0n) is 21.0. The molecule has 0 radical (unpaired) electrons. The number of aromatic nitrogens is 2. The molecule has 8 heteroatoms. The molecule has 8 nitrogen and oxygen atoms in total. The van der Waals surface area contributed by atoms with Gasteiger partial charge in [-0.1, -0.05) is 24.8 Å². The summed E-state index contributed by atoms with van der Waals surface area (Å²) >= 11 is 0. The van der Waals surface area contributed by atoms with Crippen LogP contribution in [0, 0.1) is 11.3 Å². The van der Waals surface area contributed by atoms with E-state index in [1.54, 1.807) is 13.2 Å². The van der Waals surface area contributed by atoms with Crippen molar-refractivity contribution in [1.82, 2.24) is 20.2 Å². The Morgan fingerprint density at radius 3 is 2.61 bits per heavy atom. The van der Waals surface area contributed by atoms with Crippen LogP contribution in [0.2, 0.25) is 0 Å². The van der Waals surface area contributed by atoms with Gasteiger partial charge in [0.25, 0.3) is 5.91 Å². The third-order valence-electron chi connectivity index (χ3n) is 6.80. The Morgan fingerprint density at radius 1 is 1.17 bits per heavy atom. The maximum atomic E-state index is 13.0. The van der Waals surface area contributed by atoms with Gasteiger partial charge in [0.05, 0.1) is 24.6 Å². The van der Waals surface area contributed by atoms with Gasteiger partial charge in [0, 0.05) is 35.2 Å². The minimum absolute atomic E-state index is 0.164. The largest absolute Gasteiger partial charge is 0.495 e. The number of hydrogen-bond acceptors (Lipinski definition) is 7. The van der Waals surface area contributed by atoms with Crippen molar-refractivity contribution in [2.45, 2.75) is 37.8 Å². The van der Waals surface area contributed by atoms with Gasteiger partial charge >= 0.3 is 0 Å². The van der Waals surface area contributed by atoms with Crippen LogP contribution in [-0.4, -0.2) is 60.6 Å². The Kier molecular flexibility index (Phi) is 7.81. The first-order chi connectivity index (χ1) is 17.4. The van der Waals surface area contributed by atoms with E-state index < -0.39 is 0 Å². The number of amides is 1. The van der Waals surface area contributed by atoms with Crippen LogP contribution < -0.4 is 15.4 Å². The molecule has 2 aromatic carbocycles. The van der Waals surface area contributed by atoms with Gasteiger partial charge in [-0.05, 0) is 63.4 Å². The van der Waals surface area contributed by atoms with E-state index in [0.717, 1.165) is 47.7 Å². The number of nitrogens with one attached hydrogen (secondary N) is 2. The third-order valence-corrected chi connectivity index (χ3v) is 6.80. The Morgan fingerprint density at radius 2 is 1.92 bits per heavy atom. The van der Waals surface area contributed by atoms with Crippen molar-refractivity contribution in [2.24, 2.45) is 0 Å². The number of nitriles is 1. The number of carbonyl (C=O) groups excluding carboxylic acids is 1. The topological polar surface area (TPSA) is 103 Å². The van der Waals surface area contributed by atoms with Crippen LogP contribution in [0.1, 0.15) is 36.2 Å². The average molecular weight is 485 g/mol. The monoisotopic (exact) mass is 484 g/mol. The molecule has 36 heavy (non-hydrogen) atoms. The molecule has 1 heterocycles. The number of carbonyl (C=O) groups is 1. The lowest BCUT2D eigenvalue weighted by molar-refractivity contribution is 0.0911. The summed E-state index contributed by atoms with van der Waals surface area (Å²) in [6, 6.07) is 14.4. The SMILES string of the molecule is C=C(C#N)CNc1c(OC)ccc2ccc(-c3cc(C(=O)NC4CCC(N(C)C)CC4)ncn3)cc12. The molecule has 4 rings (SSSR count). The predicted molar refractivity (Wildman–Crippen MR) is 142 cm³/mol. The van der Waals surface area contributed by atoms with Gasteiger partial charge in [0.2, 0.25) is 0 Å². The smallest absolute Gasteiger partial charge is 0.270 e. The van der Waals surface area contributed by atoms with E-state index in [-0.39, 0.29) is 11.9 Å². The molecule has 1 amide bonds. The Hall–Kier alpha value is -3.96. The fourth-order valence-electron chi connectivity index (χ4n) is 4.68. The van der Waals surface area contributed by atoms with Crippen LogP contribution in [0.4, 0.5) is 5.69 Å². The molecule has 2 N–H and O–H groups in total. The third kappa shape index (κ3) is 5.64. The van der Waals surface area contributed by atoms with Crippen LogP contribution in [0.5, 0.6) is 5.75 Å². The zero-order valence-corrected chi connectivity index (χ0v) is 21.0.